The van der Waals surface area contributed by atoms with Gasteiger partial charge in [0.1, 0.15) is 24.3 Å². The van der Waals surface area contributed by atoms with Crippen molar-refractivity contribution in [2.75, 3.05) is 13.2 Å². The van der Waals surface area contributed by atoms with Gasteiger partial charge in [0.15, 0.2) is 5.69 Å². The number of carbonyl (C=O) groups excluding carboxylic acids is 1. The van der Waals surface area contributed by atoms with Crippen LogP contribution in [0.2, 0.25) is 0 Å². The SMILES string of the molecule is O=C(NCC(O)COc1ccc(F)cc1)c1n[nH]c2ccccc12. The first-order valence-electron chi connectivity index (χ1n) is 7.41. The Morgan fingerprint density at radius 3 is 2.79 bits per heavy atom. The molecule has 1 amide bonds. The van der Waals surface area contributed by atoms with E-state index in [1.54, 1.807) is 6.07 Å². The zero-order valence-electron chi connectivity index (χ0n) is 12.7. The Bertz CT molecular complexity index is 832. The van der Waals surface area contributed by atoms with Crippen molar-refractivity contribution in [3.8, 4) is 5.75 Å². The lowest BCUT2D eigenvalue weighted by Crippen LogP contribution is -2.35. The molecule has 0 radical (unpaired) electrons. The number of aromatic nitrogens is 2. The minimum absolute atomic E-state index is 0.0151. The van der Waals surface area contributed by atoms with E-state index in [1.807, 2.05) is 18.2 Å². The van der Waals surface area contributed by atoms with Crippen LogP contribution in [0, 0.1) is 5.82 Å². The standard InChI is InChI=1S/C17H16FN3O3/c18-11-5-7-13(8-6-11)24-10-12(22)9-19-17(23)16-14-3-1-2-4-15(14)20-21-16/h1-8,12,22H,9-10H2,(H,19,23)(H,20,21). The largest absolute Gasteiger partial charge is 0.491 e. The number of fused-ring (bicyclic) bond motifs is 1. The molecule has 6 nitrogen and oxygen atoms in total. The second kappa shape index (κ2) is 7.10. The molecule has 1 aromatic heterocycles. The fourth-order valence-electron chi connectivity index (χ4n) is 2.21. The molecule has 3 N–H and O–H groups in total. The summed E-state index contributed by atoms with van der Waals surface area (Å²) in [6.07, 6.45) is -0.899. The van der Waals surface area contributed by atoms with E-state index in [9.17, 15) is 14.3 Å². The lowest BCUT2D eigenvalue weighted by molar-refractivity contribution is 0.0841. The van der Waals surface area contributed by atoms with Crippen molar-refractivity contribution in [2.45, 2.75) is 6.10 Å². The van der Waals surface area contributed by atoms with Gasteiger partial charge >= 0.3 is 0 Å². The average Bonchev–Trinajstić information content (AvgIpc) is 3.03. The van der Waals surface area contributed by atoms with Crippen molar-refractivity contribution >= 4 is 16.8 Å². The number of aliphatic hydroxyl groups excluding tert-OH is 1. The summed E-state index contributed by atoms with van der Waals surface area (Å²) in [5.41, 5.74) is 1.04. The number of hydrogen-bond acceptors (Lipinski definition) is 4. The van der Waals surface area contributed by atoms with Crippen molar-refractivity contribution in [2.24, 2.45) is 0 Å². The molecule has 0 fully saturated rings. The number of amides is 1. The van der Waals surface area contributed by atoms with Gasteiger partial charge in [0.2, 0.25) is 0 Å². The number of para-hydroxylation sites is 1. The smallest absolute Gasteiger partial charge is 0.272 e. The molecule has 1 heterocycles. The first-order valence-corrected chi connectivity index (χ1v) is 7.41. The van der Waals surface area contributed by atoms with Gasteiger partial charge in [-0.2, -0.15) is 5.10 Å². The maximum Gasteiger partial charge on any atom is 0.272 e. The van der Waals surface area contributed by atoms with E-state index in [-0.39, 0.29) is 30.6 Å². The lowest BCUT2D eigenvalue weighted by atomic mass is 10.2. The Labute approximate surface area is 137 Å². The molecule has 0 aliphatic carbocycles. The average molecular weight is 329 g/mol. The highest BCUT2D eigenvalue weighted by atomic mass is 19.1. The van der Waals surface area contributed by atoms with Gasteiger partial charge in [-0.05, 0) is 30.3 Å². The summed E-state index contributed by atoms with van der Waals surface area (Å²) >= 11 is 0. The molecule has 0 saturated heterocycles. The first kappa shape index (κ1) is 15.9. The van der Waals surface area contributed by atoms with Crippen LogP contribution in [0.1, 0.15) is 10.5 Å². The molecule has 1 unspecified atom stereocenters. The Hall–Kier alpha value is -2.93. The number of rotatable bonds is 6. The van der Waals surface area contributed by atoms with Crippen LogP contribution in [0.5, 0.6) is 5.75 Å². The highest BCUT2D eigenvalue weighted by molar-refractivity contribution is 6.04. The molecule has 7 heteroatoms. The van der Waals surface area contributed by atoms with E-state index >= 15 is 0 Å². The van der Waals surface area contributed by atoms with Crippen molar-refractivity contribution in [1.82, 2.24) is 15.5 Å². The molecule has 0 aliphatic rings. The van der Waals surface area contributed by atoms with Crippen LogP contribution in [-0.4, -0.2) is 40.5 Å². The number of aliphatic hydroxyl groups is 1. The molecule has 3 rings (SSSR count). The van der Waals surface area contributed by atoms with Crippen molar-refractivity contribution < 1.29 is 19.0 Å². The van der Waals surface area contributed by atoms with E-state index in [0.717, 1.165) is 5.52 Å². The van der Waals surface area contributed by atoms with Crippen LogP contribution in [0.3, 0.4) is 0 Å². The summed E-state index contributed by atoms with van der Waals surface area (Å²) < 4.78 is 18.1. The molecule has 124 valence electrons. The van der Waals surface area contributed by atoms with Gasteiger partial charge in [-0.1, -0.05) is 18.2 Å². The number of nitrogens with zero attached hydrogens (tertiary/aromatic N) is 1. The summed E-state index contributed by atoms with van der Waals surface area (Å²) in [4.78, 5) is 12.1. The van der Waals surface area contributed by atoms with Crippen LogP contribution in [0.4, 0.5) is 4.39 Å². The van der Waals surface area contributed by atoms with Gasteiger partial charge in [0.05, 0.1) is 5.52 Å². The normalized spacial score (nSPS) is 12.1. The van der Waals surface area contributed by atoms with E-state index in [1.165, 1.54) is 24.3 Å². The molecule has 0 spiro atoms. The van der Waals surface area contributed by atoms with Gasteiger partial charge in [0, 0.05) is 11.9 Å². The summed E-state index contributed by atoms with van der Waals surface area (Å²) in [6.45, 7) is -0.00552. The molecule has 24 heavy (non-hydrogen) atoms. The number of H-pyrrole nitrogens is 1. The van der Waals surface area contributed by atoms with Gasteiger partial charge in [-0.15, -0.1) is 0 Å². The van der Waals surface area contributed by atoms with E-state index < -0.39 is 6.10 Å². The number of carbonyl (C=O) groups is 1. The molecule has 3 aromatic rings. The third-order valence-electron chi connectivity index (χ3n) is 3.44. The monoisotopic (exact) mass is 329 g/mol. The predicted octanol–water partition coefficient (Wildman–Crippen LogP) is 1.87. The minimum Gasteiger partial charge on any atom is -0.491 e. The Morgan fingerprint density at radius 2 is 2.00 bits per heavy atom. The van der Waals surface area contributed by atoms with Gasteiger partial charge in [0.25, 0.3) is 5.91 Å². The highest BCUT2D eigenvalue weighted by Crippen LogP contribution is 2.15. The summed E-state index contributed by atoms with van der Waals surface area (Å²) in [7, 11) is 0. The van der Waals surface area contributed by atoms with Crippen molar-refractivity contribution in [1.29, 1.82) is 0 Å². The molecule has 2 aromatic carbocycles. The fourth-order valence-corrected chi connectivity index (χ4v) is 2.21. The Balaban J connectivity index is 1.51. The number of ether oxygens (including phenoxy) is 1. The molecular weight excluding hydrogens is 313 g/mol. The summed E-state index contributed by atoms with van der Waals surface area (Å²) in [5.74, 6) is -0.297. The highest BCUT2D eigenvalue weighted by Gasteiger charge is 2.15. The van der Waals surface area contributed by atoms with Crippen molar-refractivity contribution in [3.63, 3.8) is 0 Å². The number of benzene rings is 2. The lowest BCUT2D eigenvalue weighted by Gasteiger charge is -2.13. The quantitative estimate of drug-likeness (QED) is 0.644. The van der Waals surface area contributed by atoms with Gasteiger partial charge < -0.3 is 15.2 Å². The van der Waals surface area contributed by atoms with Crippen LogP contribution < -0.4 is 10.1 Å². The van der Waals surface area contributed by atoms with Crippen molar-refractivity contribution in [3.05, 3.63) is 60.0 Å². The maximum absolute atomic E-state index is 12.8. The minimum atomic E-state index is -0.899. The molecule has 1 atom stereocenters. The second-order valence-electron chi connectivity index (χ2n) is 5.25. The van der Waals surface area contributed by atoms with E-state index in [2.05, 4.69) is 15.5 Å². The topological polar surface area (TPSA) is 87.2 Å². The second-order valence-corrected chi connectivity index (χ2v) is 5.25. The van der Waals surface area contributed by atoms with Crippen LogP contribution >= 0.6 is 0 Å². The fraction of sp³-hybridized carbons (Fsp3) is 0.176. The number of hydrogen-bond donors (Lipinski definition) is 3. The predicted molar refractivity (Wildman–Crippen MR) is 86.3 cm³/mol. The van der Waals surface area contributed by atoms with Crippen LogP contribution in [-0.2, 0) is 0 Å². The van der Waals surface area contributed by atoms with E-state index in [4.69, 9.17) is 4.74 Å². The molecular formula is C17H16FN3O3. The van der Waals surface area contributed by atoms with Crippen LogP contribution in [0.15, 0.2) is 48.5 Å². The number of halogens is 1. The zero-order valence-corrected chi connectivity index (χ0v) is 12.7. The molecule has 0 saturated carbocycles. The zero-order chi connectivity index (χ0) is 16.9. The van der Waals surface area contributed by atoms with E-state index in [0.29, 0.717) is 11.1 Å². The van der Waals surface area contributed by atoms with Gasteiger partial charge in [-0.3, -0.25) is 9.89 Å². The summed E-state index contributed by atoms with van der Waals surface area (Å²) in [6, 6.07) is 12.8. The third-order valence-corrected chi connectivity index (χ3v) is 3.44. The third kappa shape index (κ3) is 3.69. The maximum atomic E-state index is 12.8. The number of aromatic amines is 1. The Morgan fingerprint density at radius 1 is 1.25 bits per heavy atom. The Kier molecular flexibility index (Phi) is 4.72. The van der Waals surface area contributed by atoms with Gasteiger partial charge in [-0.25, -0.2) is 4.39 Å². The first-order chi connectivity index (χ1) is 11.6. The summed E-state index contributed by atoms with van der Waals surface area (Å²) in [5, 5.41) is 20.0. The van der Waals surface area contributed by atoms with Crippen LogP contribution in [0.25, 0.3) is 10.9 Å². The molecule has 0 bridgehead atoms. The number of nitrogens with one attached hydrogen (secondary N) is 2. The molecule has 0 aliphatic heterocycles.